The van der Waals surface area contributed by atoms with Gasteiger partial charge in [0.1, 0.15) is 6.54 Å². The Morgan fingerprint density at radius 2 is 2.10 bits per heavy atom. The second kappa shape index (κ2) is 6.80. The first-order chi connectivity index (χ1) is 10.0. The van der Waals surface area contributed by atoms with E-state index in [1.165, 1.54) is 4.90 Å². The van der Waals surface area contributed by atoms with Crippen LogP contribution >= 0.6 is 11.6 Å². The van der Waals surface area contributed by atoms with Crippen LogP contribution in [0.2, 0.25) is 5.02 Å². The molecule has 0 saturated heterocycles. The topological polar surface area (TPSA) is 60.9 Å². The molecule has 0 aromatic heterocycles. The van der Waals surface area contributed by atoms with Crippen molar-refractivity contribution < 1.29 is 14.7 Å². The van der Waals surface area contributed by atoms with Crippen molar-refractivity contribution in [3.05, 3.63) is 29.3 Å². The minimum absolute atomic E-state index is 0.283. The summed E-state index contributed by atoms with van der Waals surface area (Å²) in [5.74, 6) is -0.495. The van der Waals surface area contributed by atoms with E-state index in [1.54, 1.807) is 29.2 Å². The highest BCUT2D eigenvalue weighted by Gasteiger charge is 2.29. The lowest BCUT2D eigenvalue weighted by atomic mass is 10.3. The van der Waals surface area contributed by atoms with Crippen LogP contribution in [-0.4, -0.2) is 41.6 Å². The number of carbonyl (C=O) groups excluding carboxylic acids is 1. The van der Waals surface area contributed by atoms with Crippen molar-refractivity contribution in [2.45, 2.75) is 19.8 Å². The first-order valence-corrected chi connectivity index (χ1v) is 7.43. The first-order valence-electron chi connectivity index (χ1n) is 7.05. The van der Waals surface area contributed by atoms with E-state index in [0.717, 1.165) is 12.8 Å². The molecule has 1 fully saturated rings. The number of carboxylic acids is 1. The second-order valence-electron chi connectivity index (χ2n) is 5.22. The number of amides is 2. The summed E-state index contributed by atoms with van der Waals surface area (Å²) in [5, 5.41) is 9.54. The van der Waals surface area contributed by atoms with Crippen molar-refractivity contribution in [3.63, 3.8) is 0 Å². The first kappa shape index (κ1) is 15.6. The number of nitrogens with zero attached hydrogens (tertiary/aromatic N) is 2. The molecule has 1 aromatic carbocycles. The number of anilines is 1. The van der Waals surface area contributed by atoms with Gasteiger partial charge in [-0.2, -0.15) is 0 Å². The third-order valence-corrected chi connectivity index (χ3v) is 3.71. The zero-order chi connectivity index (χ0) is 15.4. The summed E-state index contributed by atoms with van der Waals surface area (Å²) < 4.78 is 0. The van der Waals surface area contributed by atoms with Gasteiger partial charge >= 0.3 is 12.0 Å². The van der Waals surface area contributed by atoms with Gasteiger partial charge in [0.2, 0.25) is 0 Å². The molecule has 1 aliphatic rings. The number of hydrogen-bond acceptors (Lipinski definition) is 2. The van der Waals surface area contributed by atoms with Crippen molar-refractivity contribution in [3.8, 4) is 0 Å². The Hall–Kier alpha value is -1.75. The summed E-state index contributed by atoms with van der Waals surface area (Å²) in [4.78, 5) is 26.7. The van der Waals surface area contributed by atoms with Gasteiger partial charge in [-0.3, -0.25) is 9.69 Å². The maximum absolute atomic E-state index is 12.6. The van der Waals surface area contributed by atoms with Crippen LogP contribution in [0.1, 0.15) is 19.8 Å². The highest BCUT2D eigenvalue weighted by molar-refractivity contribution is 6.30. The Morgan fingerprint density at radius 1 is 1.38 bits per heavy atom. The van der Waals surface area contributed by atoms with Gasteiger partial charge in [-0.15, -0.1) is 0 Å². The molecule has 1 saturated carbocycles. The van der Waals surface area contributed by atoms with Crippen molar-refractivity contribution in [1.29, 1.82) is 0 Å². The predicted molar refractivity (Wildman–Crippen MR) is 81.8 cm³/mol. The summed E-state index contributed by atoms with van der Waals surface area (Å²) in [6, 6.07) is 6.41. The minimum atomic E-state index is -1.05. The smallest absolute Gasteiger partial charge is 0.325 e. The highest BCUT2D eigenvalue weighted by Crippen LogP contribution is 2.30. The predicted octanol–water partition coefficient (Wildman–Crippen LogP) is 3.08. The van der Waals surface area contributed by atoms with E-state index < -0.39 is 5.97 Å². The van der Waals surface area contributed by atoms with Crippen molar-refractivity contribution in [1.82, 2.24) is 4.90 Å². The lowest BCUT2D eigenvalue weighted by Gasteiger charge is -2.29. The molecule has 0 heterocycles. The number of rotatable bonds is 6. The number of halogens is 1. The molecule has 0 aliphatic heterocycles. The zero-order valence-corrected chi connectivity index (χ0v) is 12.7. The van der Waals surface area contributed by atoms with Crippen LogP contribution in [0.5, 0.6) is 0 Å². The van der Waals surface area contributed by atoms with Crippen molar-refractivity contribution >= 4 is 29.3 Å². The molecule has 2 amide bonds. The largest absolute Gasteiger partial charge is 0.480 e. The van der Waals surface area contributed by atoms with Crippen LogP contribution in [0.3, 0.4) is 0 Å². The molecule has 5 nitrogen and oxygen atoms in total. The standard InChI is InChI=1S/C15H19ClN2O3/c1-2-17(9-11-6-7-11)15(21)18(10-14(19)20)13-5-3-4-12(16)8-13/h3-5,8,11H,2,6-7,9-10H2,1H3,(H,19,20). The van der Waals surface area contributed by atoms with Gasteiger partial charge in [0.25, 0.3) is 0 Å². The summed E-state index contributed by atoms with van der Waals surface area (Å²) in [6.45, 7) is 2.77. The maximum Gasteiger partial charge on any atom is 0.325 e. The van der Waals surface area contributed by atoms with Gasteiger partial charge in [0.05, 0.1) is 0 Å². The molecule has 1 aliphatic carbocycles. The van der Waals surface area contributed by atoms with E-state index in [2.05, 4.69) is 0 Å². The Bertz CT molecular complexity index is 531. The van der Waals surface area contributed by atoms with E-state index in [4.69, 9.17) is 16.7 Å². The maximum atomic E-state index is 12.6. The van der Waals surface area contributed by atoms with Crippen molar-refractivity contribution in [2.75, 3.05) is 24.5 Å². The Balaban J connectivity index is 2.21. The summed E-state index contributed by atoms with van der Waals surface area (Å²) >= 11 is 5.94. The number of aliphatic carboxylic acids is 1. The lowest BCUT2D eigenvalue weighted by molar-refractivity contribution is -0.135. The molecule has 0 radical (unpaired) electrons. The molecular formula is C15H19ClN2O3. The third-order valence-electron chi connectivity index (χ3n) is 3.47. The molecule has 0 spiro atoms. The summed E-state index contributed by atoms with van der Waals surface area (Å²) in [6.07, 6.45) is 2.28. The average Bonchev–Trinajstić information content (AvgIpc) is 3.25. The second-order valence-corrected chi connectivity index (χ2v) is 5.66. The van der Waals surface area contributed by atoms with Gasteiger partial charge in [0.15, 0.2) is 0 Å². The molecule has 0 unspecified atom stereocenters. The highest BCUT2D eigenvalue weighted by atomic mass is 35.5. The van der Waals surface area contributed by atoms with Gasteiger partial charge in [-0.1, -0.05) is 17.7 Å². The van der Waals surface area contributed by atoms with Crippen molar-refractivity contribution in [2.24, 2.45) is 5.92 Å². The van der Waals surface area contributed by atoms with Gasteiger partial charge in [-0.05, 0) is 43.9 Å². The molecule has 2 rings (SSSR count). The number of urea groups is 1. The fraction of sp³-hybridized carbons (Fsp3) is 0.467. The van der Waals surface area contributed by atoms with E-state index in [9.17, 15) is 9.59 Å². The zero-order valence-electron chi connectivity index (χ0n) is 12.0. The fourth-order valence-corrected chi connectivity index (χ4v) is 2.36. The summed E-state index contributed by atoms with van der Waals surface area (Å²) in [7, 11) is 0. The monoisotopic (exact) mass is 310 g/mol. The van der Waals surface area contributed by atoms with Gasteiger partial charge in [-0.25, -0.2) is 4.79 Å². The van der Waals surface area contributed by atoms with Gasteiger partial charge in [0, 0.05) is 23.8 Å². The Kier molecular flexibility index (Phi) is 5.07. The molecule has 1 N–H and O–H groups in total. The van der Waals surface area contributed by atoms with Crippen LogP contribution in [0, 0.1) is 5.92 Å². The van der Waals surface area contributed by atoms with Crippen LogP contribution in [0.15, 0.2) is 24.3 Å². The molecule has 1 aromatic rings. The fourth-order valence-electron chi connectivity index (χ4n) is 2.17. The normalized spacial score (nSPS) is 13.8. The molecule has 0 atom stereocenters. The molecule has 6 heteroatoms. The van der Waals surface area contributed by atoms with E-state index in [0.29, 0.717) is 29.7 Å². The number of hydrogen-bond donors (Lipinski definition) is 1. The molecular weight excluding hydrogens is 292 g/mol. The van der Waals surface area contributed by atoms with Gasteiger partial charge < -0.3 is 10.0 Å². The Labute approximate surface area is 129 Å². The van der Waals surface area contributed by atoms with Crippen LogP contribution in [0.25, 0.3) is 0 Å². The molecule has 0 bridgehead atoms. The summed E-state index contributed by atoms with van der Waals surface area (Å²) in [5.41, 5.74) is 0.504. The van der Waals surface area contributed by atoms with E-state index in [-0.39, 0.29) is 12.6 Å². The average molecular weight is 311 g/mol. The number of carboxylic acid groups (broad SMARTS) is 1. The SMILES string of the molecule is CCN(CC1CC1)C(=O)N(CC(=O)O)c1cccc(Cl)c1. The van der Waals surface area contributed by atoms with Crippen LogP contribution < -0.4 is 4.90 Å². The molecule has 114 valence electrons. The Morgan fingerprint density at radius 3 is 2.62 bits per heavy atom. The van der Waals surface area contributed by atoms with E-state index in [1.807, 2.05) is 6.92 Å². The van der Waals surface area contributed by atoms with Crippen LogP contribution in [0.4, 0.5) is 10.5 Å². The lowest BCUT2D eigenvalue weighted by Crippen LogP contribution is -2.46. The quantitative estimate of drug-likeness (QED) is 0.878. The number of benzene rings is 1. The molecule has 21 heavy (non-hydrogen) atoms. The third kappa shape index (κ3) is 4.36. The van der Waals surface area contributed by atoms with E-state index >= 15 is 0 Å². The number of carbonyl (C=O) groups is 2. The van der Waals surface area contributed by atoms with Crippen LogP contribution in [-0.2, 0) is 4.79 Å². The minimum Gasteiger partial charge on any atom is -0.480 e.